The topological polar surface area (TPSA) is 59.3 Å². The minimum absolute atomic E-state index is 0.0159. The Bertz CT molecular complexity index is 832. The molecule has 1 heterocycles. The van der Waals surface area contributed by atoms with Crippen molar-refractivity contribution in [2.45, 2.75) is 19.1 Å². The lowest BCUT2D eigenvalue weighted by Gasteiger charge is -2.17. The van der Waals surface area contributed by atoms with Crippen LogP contribution in [0.15, 0.2) is 48.5 Å². The molecule has 0 amide bonds. The lowest BCUT2D eigenvalue weighted by Crippen LogP contribution is -2.33. The van der Waals surface area contributed by atoms with E-state index in [2.05, 4.69) is 10.3 Å². The lowest BCUT2D eigenvalue weighted by molar-refractivity contribution is 0.104. The van der Waals surface area contributed by atoms with Crippen LogP contribution in [-0.2, 0) is 7.05 Å². The van der Waals surface area contributed by atoms with E-state index in [1.54, 1.807) is 0 Å². The maximum Gasteiger partial charge on any atom is 0.126 e. The maximum atomic E-state index is 12.8. The van der Waals surface area contributed by atoms with Crippen LogP contribution in [0.4, 0.5) is 4.39 Å². The number of aliphatic hydroxyl groups is 1. The summed E-state index contributed by atoms with van der Waals surface area (Å²) in [6.45, 7) is 2.51. The highest BCUT2D eigenvalue weighted by Gasteiger charge is 2.15. The number of hydrogen-bond acceptors (Lipinski definition) is 4. The molecule has 2 aromatic carbocycles. The van der Waals surface area contributed by atoms with Crippen LogP contribution in [0, 0.1) is 5.82 Å². The smallest absolute Gasteiger partial charge is 0.126 e. The van der Waals surface area contributed by atoms with Gasteiger partial charge in [0.25, 0.3) is 0 Å². The first-order valence-electron chi connectivity index (χ1n) is 8.26. The number of para-hydroxylation sites is 2. The quantitative estimate of drug-likeness (QED) is 0.693. The molecule has 1 aromatic heterocycles. The molecular formula is C19H22FN3O2. The number of aryl methyl sites for hydroxylation is 1. The Morgan fingerprint density at radius 1 is 1.20 bits per heavy atom. The molecular weight excluding hydrogens is 321 g/mol. The second-order valence-corrected chi connectivity index (χ2v) is 6.07. The first kappa shape index (κ1) is 17.4. The van der Waals surface area contributed by atoms with E-state index in [0.717, 1.165) is 16.9 Å². The molecule has 3 rings (SSSR count). The monoisotopic (exact) mass is 343 g/mol. The van der Waals surface area contributed by atoms with Crippen molar-refractivity contribution in [1.82, 2.24) is 14.9 Å². The Balaban J connectivity index is 1.53. The number of halogens is 1. The highest BCUT2D eigenvalue weighted by molar-refractivity contribution is 5.75. The Morgan fingerprint density at radius 3 is 2.64 bits per heavy atom. The number of hydrogen-bond donors (Lipinski definition) is 2. The fourth-order valence-corrected chi connectivity index (χ4v) is 2.74. The zero-order chi connectivity index (χ0) is 17.8. The number of benzene rings is 2. The number of ether oxygens (including phenoxy) is 1. The van der Waals surface area contributed by atoms with E-state index >= 15 is 0 Å². The Labute approximate surface area is 146 Å². The van der Waals surface area contributed by atoms with Gasteiger partial charge < -0.3 is 19.7 Å². The zero-order valence-electron chi connectivity index (χ0n) is 14.3. The van der Waals surface area contributed by atoms with E-state index in [4.69, 9.17) is 4.74 Å². The molecule has 0 aliphatic carbocycles. The Hall–Kier alpha value is -2.44. The summed E-state index contributed by atoms with van der Waals surface area (Å²) in [7, 11) is 1.98. The average Bonchev–Trinajstić information content (AvgIpc) is 2.96. The molecule has 0 fully saturated rings. The van der Waals surface area contributed by atoms with Crippen LogP contribution in [0.3, 0.4) is 0 Å². The molecule has 0 radical (unpaired) electrons. The molecule has 2 unspecified atom stereocenters. The van der Waals surface area contributed by atoms with Crippen LogP contribution in [0.5, 0.6) is 5.75 Å². The third-order valence-electron chi connectivity index (χ3n) is 4.12. The predicted molar refractivity (Wildman–Crippen MR) is 95.0 cm³/mol. The predicted octanol–water partition coefficient (Wildman–Crippen LogP) is 2.80. The van der Waals surface area contributed by atoms with Gasteiger partial charge in [-0.1, -0.05) is 12.1 Å². The van der Waals surface area contributed by atoms with Crippen molar-refractivity contribution < 1.29 is 14.2 Å². The van der Waals surface area contributed by atoms with Crippen LogP contribution in [0.2, 0.25) is 0 Å². The van der Waals surface area contributed by atoms with Gasteiger partial charge in [0.05, 0.1) is 17.1 Å². The number of fused-ring (bicyclic) bond motifs is 1. The summed E-state index contributed by atoms with van der Waals surface area (Å²) in [6, 6.07) is 13.7. The van der Waals surface area contributed by atoms with Crippen LogP contribution in [0.1, 0.15) is 18.8 Å². The molecule has 0 bridgehead atoms. The molecule has 2 N–H and O–H groups in total. The van der Waals surface area contributed by atoms with Gasteiger partial charge in [-0.05, 0) is 43.3 Å². The number of aromatic nitrogens is 2. The van der Waals surface area contributed by atoms with Gasteiger partial charge in [0.1, 0.15) is 30.1 Å². The van der Waals surface area contributed by atoms with Gasteiger partial charge in [0.15, 0.2) is 0 Å². The van der Waals surface area contributed by atoms with Crippen LogP contribution >= 0.6 is 0 Å². The summed E-state index contributed by atoms with van der Waals surface area (Å²) < 4.78 is 20.3. The van der Waals surface area contributed by atoms with Gasteiger partial charge in [-0.15, -0.1) is 0 Å². The largest absolute Gasteiger partial charge is 0.491 e. The van der Waals surface area contributed by atoms with Crippen molar-refractivity contribution in [3.05, 3.63) is 60.2 Å². The maximum absolute atomic E-state index is 12.8. The third-order valence-corrected chi connectivity index (χ3v) is 4.12. The summed E-state index contributed by atoms with van der Waals surface area (Å²) in [5.41, 5.74) is 2.03. The molecule has 132 valence electrons. The normalized spacial score (nSPS) is 13.8. The van der Waals surface area contributed by atoms with Gasteiger partial charge in [0, 0.05) is 13.6 Å². The number of nitrogens with zero attached hydrogens (tertiary/aromatic N) is 2. The SMILES string of the molecule is CC(NCC(O)COc1ccc(F)cc1)c1nc2ccccc2n1C. The molecule has 25 heavy (non-hydrogen) atoms. The van der Waals surface area contributed by atoms with Gasteiger partial charge in [0.2, 0.25) is 0 Å². The second-order valence-electron chi connectivity index (χ2n) is 6.07. The van der Waals surface area contributed by atoms with E-state index in [1.165, 1.54) is 24.3 Å². The molecule has 0 aliphatic heterocycles. The molecule has 0 saturated heterocycles. The molecule has 0 aliphatic rings. The van der Waals surface area contributed by atoms with Crippen molar-refractivity contribution in [3.63, 3.8) is 0 Å². The van der Waals surface area contributed by atoms with Crippen molar-refractivity contribution in [1.29, 1.82) is 0 Å². The molecule has 0 saturated carbocycles. The zero-order valence-corrected chi connectivity index (χ0v) is 14.3. The fraction of sp³-hybridized carbons (Fsp3) is 0.316. The van der Waals surface area contributed by atoms with Crippen LogP contribution in [0.25, 0.3) is 11.0 Å². The van der Waals surface area contributed by atoms with E-state index in [0.29, 0.717) is 12.3 Å². The summed E-state index contributed by atoms with van der Waals surface area (Å²) in [6.07, 6.45) is -0.679. The molecule has 3 aromatic rings. The highest BCUT2D eigenvalue weighted by Crippen LogP contribution is 2.19. The fourth-order valence-electron chi connectivity index (χ4n) is 2.74. The first-order valence-corrected chi connectivity index (χ1v) is 8.26. The van der Waals surface area contributed by atoms with Crippen molar-refractivity contribution >= 4 is 11.0 Å². The van der Waals surface area contributed by atoms with Crippen LogP contribution in [-0.4, -0.2) is 33.9 Å². The van der Waals surface area contributed by atoms with Crippen molar-refractivity contribution in [3.8, 4) is 5.75 Å². The number of aliphatic hydroxyl groups excluding tert-OH is 1. The Morgan fingerprint density at radius 2 is 1.92 bits per heavy atom. The summed E-state index contributed by atoms with van der Waals surface area (Å²) in [4.78, 5) is 4.64. The molecule has 5 nitrogen and oxygen atoms in total. The number of imidazole rings is 1. The van der Waals surface area contributed by atoms with Crippen LogP contribution < -0.4 is 10.1 Å². The summed E-state index contributed by atoms with van der Waals surface area (Å²) in [5, 5.41) is 13.4. The van der Waals surface area contributed by atoms with Gasteiger partial charge >= 0.3 is 0 Å². The minimum Gasteiger partial charge on any atom is -0.491 e. The number of nitrogens with one attached hydrogen (secondary N) is 1. The molecule has 2 atom stereocenters. The van der Waals surface area contributed by atoms with Gasteiger partial charge in [-0.3, -0.25) is 0 Å². The van der Waals surface area contributed by atoms with E-state index in [-0.39, 0.29) is 18.5 Å². The van der Waals surface area contributed by atoms with Crippen molar-refractivity contribution in [2.24, 2.45) is 7.05 Å². The second kappa shape index (κ2) is 7.63. The summed E-state index contributed by atoms with van der Waals surface area (Å²) >= 11 is 0. The van der Waals surface area contributed by atoms with Gasteiger partial charge in [-0.25, -0.2) is 9.37 Å². The average molecular weight is 343 g/mol. The molecule has 0 spiro atoms. The van der Waals surface area contributed by atoms with Gasteiger partial charge in [-0.2, -0.15) is 0 Å². The van der Waals surface area contributed by atoms with E-state index < -0.39 is 6.10 Å². The van der Waals surface area contributed by atoms with E-state index in [1.807, 2.05) is 42.8 Å². The lowest BCUT2D eigenvalue weighted by atomic mass is 10.3. The standard InChI is InChI=1S/C19H22FN3O2/c1-13(19-22-17-5-3-4-6-18(17)23(19)2)21-11-15(24)12-25-16-9-7-14(20)8-10-16/h3-10,13,15,21,24H,11-12H2,1-2H3. The van der Waals surface area contributed by atoms with E-state index in [9.17, 15) is 9.50 Å². The first-order chi connectivity index (χ1) is 12.0. The van der Waals surface area contributed by atoms with Crippen molar-refractivity contribution in [2.75, 3.05) is 13.2 Å². The third kappa shape index (κ3) is 4.15. The highest BCUT2D eigenvalue weighted by atomic mass is 19.1. The Kier molecular flexibility index (Phi) is 5.31. The summed E-state index contributed by atoms with van der Waals surface area (Å²) in [5.74, 6) is 1.13. The number of rotatable bonds is 7. The minimum atomic E-state index is -0.679. The molecule has 6 heteroatoms.